The summed E-state index contributed by atoms with van der Waals surface area (Å²) in [5, 5.41) is 0. The van der Waals surface area contributed by atoms with Crippen LogP contribution in [0, 0.1) is 0 Å². The van der Waals surface area contributed by atoms with Crippen molar-refractivity contribution in [3.63, 3.8) is 0 Å². The molecule has 0 radical (unpaired) electrons. The van der Waals surface area contributed by atoms with Gasteiger partial charge in [0.25, 0.3) is 0 Å². The van der Waals surface area contributed by atoms with E-state index in [-0.39, 0.29) is 0 Å². The Morgan fingerprint density at radius 2 is 1.61 bits per heavy atom. The average Bonchev–Trinajstić information content (AvgIpc) is 2.24. The molecule has 0 unspecified atom stereocenters. The summed E-state index contributed by atoms with van der Waals surface area (Å²) in [4.78, 5) is 11.9. The maximum Gasteiger partial charge on any atom is 0.478 e. The molecule has 0 spiro atoms. The van der Waals surface area contributed by atoms with Crippen LogP contribution in [0.5, 0.6) is 0 Å². The van der Waals surface area contributed by atoms with Gasteiger partial charge in [-0.2, -0.15) is 26.3 Å². The van der Waals surface area contributed by atoms with Crippen molar-refractivity contribution in [2.75, 3.05) is 6.61 Å². The molecule has 0 saturated carbocycles. The molecule has 18 heavy (non-hydrogen) atoms. The zero-order valence-electron chi connectivity index (χ0n) is 8.27. The molecule has 0 aromatic heterocycles. The Morgan fingerprint density at radius 3 is 2.00 bits per heavy atom. The van der Waals surface area contributed by atoms with Crippen LogP contribution >= 0.6 is 0 Å². The third-order valence-electron chi connectivity index (χ3n) is 1.26. The highest BCUT2D eigenvalue weighted by Crippen LogP contribution is 2.40. The van der Waals surface area contributed by atoms with Gasteiger partial charge in [-0.05, 0) is 4.53 Å². The lowest BCUT2D eigenvalue weighted by Gasteiger charge is -2.26. The fourth-order valence-corrected chi connectivity index (χ4v) is 0.535. The number of ether oxygens (including phenoxy) is 2. The highest BCUT2D eigenvalue weighted by atomic mass is 19.4. The van der Waals surface area contributed by atoms with Crippen molar-refractivity contribution >= 4 is 5.97 Å². The number of esters is 1. The van der Waals surface area contributed by atoms with Crippen LogP contribution in [0.1, 0.15) is 0 Å². The first-order valence-electron chi connectivity index (χ1n) is 3.90. The van der Waals surface area contributed by atoms with E-state index in [4.69, 9.17) is 0 Å². The van der Waals surface area contributed by atoms with Gasteiger partial charge in [0.2, 0.25) is 0 Å². The van der Waals surface area contributed by atoms with Crippen LogP contribution in [-0.4, -0.2) is 30.9 Å². The minimum absolute atomic E-state index is 0.410. The minimum atomic E-state index is -5.98. The number of hydrogen-bond acceptors (Lipinski definition) is 4. The smallest absolute Gasteiger partial charge is 0.453 e. The van der Waals surface area contributed by atoms with Gasteiger partial charge in [0.1, 0.15) is 0 Å². The van der Waals surface area contributed by atoms with E-state index in [9.17, 15) is 35.7 Å². The standard InChI is InChI=1S/C7H5F7O4/c1-2-4(15)16-3-5(8,9)17-6(10,11)7(12,13)18-14/h2H,1,3H2. The Labute approximate surface area is 94.8 Å². The van der Waals surface area contributed by atoms with Gasteiger partial charge in [-0.1, -0.05) is 6.58 Å². The summed E-state index contributed by atoms with van der Waals surface area (Å²) in [6.07, 6.45) is -16.5. The van der Waals surface area contributed by atoms with Crippen molar-refractivity contribution in [2.24, 2.45) is 0 Å². The van der Waals surface area contributed by atoms with E-state index >= 15 is 0 Å². The van der Waals surface area contributed by atoms with Crippen molar-refractivity contribution < 1.29 is 50.1 Å². The van der Waals surface area contributed by atoms with Gasteiger partial charge in [0.15, 0.2) is 6.61 Å². The summed E-state index contributed by atoms with van der Waals surface area (Å²) in [5.74, 6) is -1.44. The molecule has 0 amide bonds. The highest BCUT2D eigenvalue weighted by molar-refractivity contribution is 5.81. The summed E-state index contributed by atoms with van der Waals surface area (Å²) >= 11 is 0. The van der Waals surface area contributed by atoms with Crippen molar-refractivity contribution in [3.05, 3.63) is 12.7 Å². The van der Waals surface area contributed by atoms with Gasteiger partial charge in [-0.15, -0.1) is 4.94 Å². The van der Waals surface area contributed by atoms with Gasteiger partial charge < -0.3 is 4.74 Å². The predicted octanol–water partition coefficient (Wildman–Crippen LogP) is 2.41. The first-order chi connectivity index (χ1) is 7.97. The monoisotopic (exact) mass is 286 g/mol. The van der Waals surface area contributed by atoms with E-state index in [1.807, 2.05) is 0 Å². The van der Waals surface area contributed by atoms with E-state index in [1.54, 1.807) is 0 Å². The molecule has 0 aromatic carbocycles. The van der Waals surface area contributed by atoms with E-state index in [2.05, 4.69) is 16.1 Å². The van der Waals surface area contributed by atoms with Gasteiger partial charge >= 0.3 is 24.3 Å². The van der Waals surface area contributed by atoms with Crippen molar-refractivity contribution in [2.45, 2.75) is 18.3 Å². The molecule has 0 rings (SSSR count). The molecule has 11 heteroatoms. The molecule has 0 bridgehead atoms. The molecule has 0 aliphatic heterocycles. The van der Waals surface area contributed by atoms with E-state index < -0.39 is 30.9 Å². The van der Waals surface area contributed by atoms with E-state index in [0.717, 1.165) is 0 Å². The van der Waals surface area contributed by atoms with Crippen molar-refractivity contribution in [1.29, 1.82) is 0 Å². The average molecular weight is 286 g/mol. The second kappa shape index (κ2) is 5.52. The summed E-state index contributed by atoms with van der Waals surface area (Å²) in [6, 6.07) is 0. The number of carbonyl (C=O) groups is 1. The van der Waals surface area contributed by atoms with Crippen molar-refractivity contribution in [3.8, 4) is 0 Å². The fourth-order valence-electron chi connectivity index (χ4n) is 0.535. The molecule has 106 valence electrons. The normalized spacial score (nSPS) is 13.3. The molecule has 0 aliphatic rings. The van der Waals surface area contributed by atoms with Gasteiger partial charge in [-0.3, -0.25) is 0 Å². The Kier molecular flexibility index (Phi) is 5.10. The van der Waals surface area contributed by atoms with Crippen molar-refractivity contribution in [1.82, 2.24) is 0 Å². The fraction of sp³-hybridized carbons (Fsp3) is 0.571. The molecule has 0 aromatic rings. The molecule has 0 fully saturated rings. The Balaban J connectivity index is 4.65. The number of alkyl halides is 6. The van der Waals surface area contributed by atoms with Gasteiger partial charge in [-0.25, -0.2) is 9.53 Å². The van der Waals surface area contributed by atoms with E-state index in [1.165, 1.54) is 4.94 Å². The quantitative estimate of drug-likeness (QED) is 0.409. The zero-order valence-corrected chi connectivity index (χ0v) is 8.27. The topological polar surface area (TPSA) is 44.8 Å². The SMILES string of the molecule is C=CC(=O)OCC(F)(F)OC(F)(F)C(F)(F)OF. The summed E-state index contributed by atoms with van der Waals surface area (Å²) in [6.45, 7) is 0.689. The number of carbonyl (C=O) groups excluding carboxylic acids is 1. The maximum absolute atomic E-state index is 12.6. The third-order valence-corrected chi connectivity index (χ3v) is 1.26. The van der Waals surface area contributed by atoms with Gasteiger partial charge in [0, 0.05) is 6.08 Å². The molecule has 0 saturated heterocycles. The van der Waals surface area contributed by atoms with Crippen LogP contribution in [0.3, 0.4) is 0 Å². The first kappa shape index (κ1) is 16.6. The maximum atomic E-state index is 12.6. The first-order valence-corrected chi connectivity index (χ1v) is 3.90. The molecule has 0 N–H and O–H groups in total. The Hall–Kier alpha value is -1.36. The largest absolute Gasteiger partial charge is 0.478 e. The molecular weight excluding hydrogens is 281 g/mol. The molecular formula is C7H5F7O4. The molecule has 0 atom stereocenters. The minimum Gasteiger partial charge on any atom is -0.453 e. The van der Waals surface area contributed by atoms with Crippen LogP contribution in [-0.2, 0) is 19.2 Å². The zero-order chi connectivity index (χ0) is 14.6. The summed E-state index contributed by atoms with van der Waals surface area (Å²) < 4.78 is 90.8. The van der Waals surface area contributed by atoms with Crippen LogP contribution in [0.25, 0.3) is 0 Å². The van der Waals surface area contributed by atoms with Crippen LogP contribution in [0.2, 0.25) is 0 Å². The second-order valence-electron chi connectivity index (χ2n) is 2.66. The number of rotatable bonds is 7. The Morgan fingerprint density at radius 1 is 1.11 bits per heavy atom. The van der Waals surface area contributed by atoms with E-state index in [0.29, 0.717) is 6.08 Å². The number of halogens is 7. The van der Waals surface area contributed by atoms with Crippen LogP contribution in [0.15, 0.2) is 12.7 Å². The highest BCUT2D eigenvalue weighted by Gasteiger charge is 2.65. The van der Waals surface area contributed by atoms with Crippen LogP contribution in [0.4, 0.5) is 30.9 Å². The summed E-state index contributed by atoms with van der Waals surface area (Å²) in [5.41, 5.74) is 0. The summed E-state index contributed by atoms with van der Waals surface area (Å²) in [7, 11) is 0. The molecule has 0 heterocycles. The third kappa shape index (κ3) is 4.49. The lowest BCUT2D eigenvalue weighted by atomic mass is 10.5. The Bertz CT molecular complexity index is 317. The lowest BCUT2D eigenvalue weighted by Crippen LogP contribution is -2.49. The van der Waals surface area contributed by atoms with Gasteiger partial charge in [0.05, 0.1) is 0 Å². The lowest BCUT2D eigenvalue weighted by molar-refractivity contribution is -0.515. The molecule has 0 aliphatic carbocycles. The molecule has 4 nitrogen and oxygen atoms in total. The number of hydrogen-bond donors (Lipinski definition) is 0. The predicted molar refractivity (Wildman–Crippen MR) is 39.3 cm³/mol. The second-order valence-corrected chi connectivity index (χ2v) is 2.66. The van der Waals surface area contributed by atoms with Crippen LogP contribution < -0.4 is 0 Å².